The van der Waals surface area contributed by atoms with E-state index in [1.165, 1.54) is 6.33 Å². The van der Waals surface area contributed by atoms with E-state index < -0.39 is 0 Å². The van der Waals surface area contributed by atoms with Crippen LogP contribution in [-0.2, 0) is 4.79 Å². The fraction of sp³-hybridized carbons (Fsp3) is 0.615. The van der Waals surface area contributed by atoms with Crippen molar-refractivity contribution < 1.29 is 4.79 Å². The van der Waals surface area contributed by atoms with Crippen molar-refractivity contribution in [2.24, 2.45) is 5.92 Å². The van der Waals surface area contributed by atoms with Crippen molar-refractivity contribution in [3.05, 3.63) is 17.5 Å². The largest absolute Gasteiger partial charge is 0.367 e. The summed E-state index contributed by atoms with van der Waals surface area (Å²) >= 11 is 5.81. The summed E-state index contributed by atoms with van der Waals surface area (Å²) in [6.07, 6.45) is 4.15. The molecule has 0 spiro atoms. The molecule has 0 aliphatic heterocycles. The van der Waals surface area contributed by atoms with Gasteiger partial charge in [-0.05, 0) is 33.1 Å². The van der Waals surface area contributed by atoms with Gasteiger partial charge in [0.2, 0.25) is 5.91 Å². The Kier molecular flexibility index (Phi) is 4.58. The van der Waals surface area contributed by atoms with Gasteiger partial charge < -0.3 is 10.6 Å². The Morgan fingerprint density at radius 2 is 2.21 bits per heavy atom. The van der Waals surface area contributed by atoms with E-state index >= 15 is 0 Å². The molecule has 0 aromatic carbocycles. The summed E-state index contributed by atoms with van der Waals surface area (Å²) in [6, 6.07) is 2.16. The molecular formula is C13H19ClN4O. The molecule has 1 saturated carbocycles. The molecule has 1 aliphatic carbocycles. The van der Waals surface area contributed by atoms with E-state index in [1.54, 1.807) is 6.07 Å². The molecular weight excluding hydrogens is 264 g/mol. The molecule has 6 heteroatoms. The van der Waals surface area contributed by atoms with E-state index in [9.17, 15) is 4.79 Å². The van der Waals surface area contributed by atoms with Crippen LogP contribution in [0.4, 0.5) is 5.82 Å². The fourth-order valence-electron chi connectivity index (χ4n) is 2.37. The number of nitrogens with zero attached hydrogens (tertiary/aromatic N) is 2. The standard InChI is InChI=1S/C13H19ClN4O/c1-8(2)17-13(19)9-3-4-10(5-9)18-12-6-11(14)15-7-16-12/h6-10H,3-5H2,1-2H3,(H,17,19)(H,15,16,18)/t9-,10+/m1/s1. The minimum Gasteiger partial charge on any atom is -0.367 e. The van der Waals surface area contributed by atoms with E-state index in [2.05, 4.69) is 20.6 Å². The number of amides is 1. The summed E-state index contributed by atoms with van der Waals surface area (Å²) < 4.78 is 0. The first-order valence-corrected chi connectivity index (χ1v) is 6.97. The minimum absolute atomic E-state index is 0.0946. The van der Waals surface area contributed by atoms with Gasteiger partial charge in [0, 0.05) is 24.1 Å². The van der Waals surface area contributed by atoms with Crippen molar-refractivity contribution in [1.82, 2.24) is 15.3 Å². The highest BCUT2D eigenvalue weighted by atomic mass is 35.5. The van der Waals surface area contributed by atoms with E-state index in [4.69, 9.17) is 11.6 Å². The van der Waals surface area contributed by atoms with Crippen molar-refractivity contribution in [2.75, 3.05) is 5.32 Å². The van der Waals surface area contributed by atoms with E-state index in [-0.39, 0.29) is 23.9 Å². The lowest BCUT2D eigenvalue weighted by molar-refractivity contribution is -0.125. The summed E-state index contributed by atoms with van der Waals surface area (Å²) in [5.74, 6) is 0.965. The Balaban J connectivity index is 1.87. The lowest BCUT2D eigenvalue weighted by atomic mass is 10.1. The SMILES string of the molecule is CC(C)NC(=O)[C@@H]1CC[C@H](Nc2cc(Cl)ncn2)C1. The van der Waals surface area contributed by atoms with Crippen LogP contribution in [0.5, 0.6) is 0 Å². The van der Waals surface area contributed by atoms with Gasteiger partial charge in [-0.3, -0.25) is 4.79 Å². The van der Waals surface area contributed by atoms with Gasteiger partial charge >= 0.3 is 0 Å². The number of hydrogen-bond donors (Lipinski definition) is 2. The molecule has 19 heavy (non-hydrogen) atoms. The molecule has 0 bridgehead atoms. The maximum atomic E-state index is 11.9. The molecule has 1 fully saturated rings. The van der Waals surface area contributed by atoms with Crippen LogP contribution in [-0.4, -0.2) is 28.0 Å². The van der Waals surface area contributed by atoms with Crippen LogP contribution >= 0.6 is 11.6 Å². The second-order valence-corrected chi connectivity index (χ2v) is 5.63. The number of nitrogens with one attached hydrogen (secondary N) is 2. The van der Waals surface area contributed by atoms with Gasteiger partial charge in [-0.25, -0.2) is 9.97 Å². The van der Waals surface area contributed by atoms with Crippen LogP contribution in [0.2, 0.25) is 5.15 Å². The molecule has 0 saturated heterocycles. The Morgan fingerprint density at radius 1 is 1.42 bits per heavy atom. The van der Waals surface area contributed by atoms with Crippen LogP contribution in [0.25, 0.3) is 0 Å². The number of carbonyl (C=O) groups excluding carboxylic acids is 1. The predicted octanol–water partition coefficient (Wildman–Crippen LogP) is 2.24. The zero-order valence-corrected chi connectivity index (χ0v) is 11.9. The third kappa shape index (κ3) is 4.06. The smallest absolute Gasteiger partial charge is 0.223 e. The monoisotopic (exact) mass is 282 g/mol. The van der Waals surface area contributed by atoms with E-state index in [1.807, 2.05) is 13.8 Å². The molecule has 0 unspecified atom stereocenters. The lowest BCUT2D eigenvalue weighted by Crippen LogP contribution is -2.35. The van der Waals surface area contributed by atoms with Gasteiger partial charge in [-0.2, -0.15) is 0 Å². The maximum absolute atomic E-state index is 11.9. The van der Waals surface area contributed by atoms with Crippen LogP contribution in [0, 0.1) is 5.92 Å². The molecule has 5 nitrogen and oxygen atoms in total. The van der Waals surface area contributed by atoms with E-state index in [0.29, 0.717) is 5.15 Å². The summed E-state index contributed by atoms with van der Waals surface area (Å²) in [5.41, 5.74) is 0. The lowest BCUT2D eigenvalue weighted by Gasteiger charge is -2.15. The van der Waals surface area contributed by atoms with Crippen molar-refractivity contribution in [2.45, 2.75) is 45.2 Å². The molecule has 2 N–H and O–H groups in total. The third-order valence-electron chi connectivity index (χ3n) is 3.22. The van der Waals surface area contributed by atoms with Crippen LogP contribution in [0.3, 0.4) is 0 Å². The van der Waals surface area contributed by atoms with Crippen LogP contribution in [0.1, 0.15) is 33.1 Å². The topological polar surface area (TPSA) is 66.9 Å². The van der Waals surface area contributed by atoms with Crippen LogP contribution < -0.4 is 10.6 Å². The van der Waals surface area contributed by atoms with Gasteiger partial charge in [0.05, 0.1) is 0 Å². The first-order valence-electron chi connectivity index (χ1n) is 6.59. The maximum Gasteiger partial charge on any atom is 0.223 e. The second kappa shape index (κ2) is 6.19. The summed E-state index contributed by atoms with van der Waals surface area (Å²) in [4.78, 5) is 19.9. The Morgan fingerprint density at radius 3 is 2.89 bits per heavy atom. The molecule has 1 aliphatic rings. The summed E-state index contributed by atoms with van der Waals surface area (Å²) in [7, 11) is 0. The predicted molar refractivity (Wildman–Crippen MR) is 75.1 cm³/mol. The van der Waals surface area contributed by atoms with Gasteiger partial charge in [0.15, 0.2) is 0 Å². The van der Waals surface area contributed by atoms with Gasteiger partial charge in [-0.15, -0.1) is 0 Å². The molecule has 104 valence electrons. The van der Waals surface area contributed by atoms with Crippen molar-refractivity contribution >= 4 is 23.3 Å². The Bertz CT molecular complexity index is 452. The zero-order valence-electron chi connectivity index (χ0n) is 11.2. The van der Waals surface area contributed by atoms with Crippen LogP contribution in [0.15, 0.2) is 12.4 Å². The van der Waals surface area contributed by atoms with Crippen molar-refractivity contribution in [1.29, 1.82) is 0 Å². The quantitative estimate of drug-likeness (QED) is 0.831. The number of halogens is 1. The summed E-state index contributed by atoms with van der Waals surface area (Å²) in [5, 5.41) is 6.69. The molecule has 1 aromatic rings. The molecule has 2 atom stereocenters. The molecule has 1 aromatic heterocycles. The van der Waals surface area contributed by atoms with Crippen molar-refractivity contribution in [3.8, 4) is 0 Å². The average molecular weight is 283 g/mol. The fourth-order valence-corrected chi connectivity index (χ4v) is 2.52. The Hall–Kier alpha value is -1.36. The first kappa shape index (κ1) is 14.1. The van der Waals surface area contributed by atoms with Gasteiger partial charge in [0.25, 0.3) is 0 Å². The Labute approximate surface area is 118 Å². The minimum atomic E-state index is 0.0946. The molecule has 2 rings (SSSR count). The average Bonchev–Trinajstić information content (AvgIpc) is 2.76. The normalized spacial score (nSPS) is 22.5. The highest BCUT2D eigenvalue weighted by Crippen LogP contribution is 2.28. The number of anilines is 1. The highest BCUT2D eigenvalue weighted by molar-refractivity contribution is 6.29. The number of hydrogen-bond acceptors (Lipinski definition) is 4. The molecule has 0 radical (unpaired) electrons. The number of aromatic nitrogens is 2. The molecule has 1 amide bonds. The first-order chi connectivity index (χ1) is 9.04. The zero-order chi connectivity index (χ0) is 13.8. The van der Waals surface area contributed by atoms with Gasteiger partial charge in [-0.1, -0.05) is 11.6 Å². The van der Waals surface area contributed by atoms with Gasteiger partial charge in [0.1, 0.15) is 17.3 Å². The number of rotatable bonds is 4. The number of carbonyl (C=O) groups is 1. The summed E-state index contributed by atoms with van der Waals surface area (Å²) in [6.45, 7) is 3.96. The molecule has 1 heterocycles. The van der Waals surface area contributed by atoms with Crippen molar-refractivity contribution in [3.63, 3.8) is 0 Å². The third-order valence-corrected chi connectivity index (χ3v) is 3.43. The second-order valence-electron chi connectivity index (χ2n) is 5.24. The van der Waals surface area contributed by atoms with E-state index in [0.717, 1.165) is 25.1 Å². The highest BCUT2D eigenvalue weighted by Gasteiger charge is 2.30.